The second-order valence-corrected chi connectivity index (χ2v) is 8.49. The van der Waals surface area contributed by atoms with Crippen LogP contribution in [0.3, 0.4) is 0 Å². The first-order chi connectivity index (χ1) is 15.7. The molecule has 1 aromatic heterocycles. The molecule has 2 aromatic rings. The van der Waals surface area contributed by atoms with Gasteiger partial charge >= 0.3 is 6.18 Å². The zero-order valence-corrected chi connectivity index (χ0v) is 19.1. The summed E-state index contributed by atoms with van der Waals surface area (Å²) in [7, 11) is 0. The van der Waals surface area contributed by atoms with Crippen molar-refractivity contribution in [1.29, 1.82) is 0 Å². The number of carbonyl (C=O) groups is 3. The van der Waals surface area contributed by atoms with Crippen LogP contribution in [0.2, 0.25) is 0 Å². The number of nitrogens with zero attached hydrogens (tertiary/aromatic N) is 3. The van der Waals surface area contributed by atoms with Gasteiger partial charge in [-0.1, -0.05) is 12.1 Å². The first kappa shape index (κ1) is 24.7. The van der Waals surface area contributed by atoms with Crippen LogP contribution in [0.4, 0.5) is 18.3 Å². The number of hydrogen-bond donors (Lipinski definition) is 1. The van der Waals surface area contributed by atoms with E-state index in [0.29, 0.717) is 32.5 Å². The maximum Gasteiger partial charge on any atom is 0.417 e. The van der Waals surface area contributed by atoms with Gasteiger partial charge in [0.2, 0.25) is 5.91 Å². The first-order valence-electron chi connectivity index (χ1n) is 10.7. The number of hydrogen-bond acceptors (Lipinski definition) is 5. The minimum atomic E-state index is -4.68. The van der Waals surface area contributed by atoms with Crippen molar-refractivity contribution in [3.8, 4) is 0 Å². The maximum atomic E-state index is 13.2. The Morgan fingerprint density at radius 3 is 2.58 bits per heavy atom. The average molecular weight is 483 g/mol. The molecule has 1 unspecified atom stereocenters. The topological polar surface area (TPSA) is 82.6 Å². The second-order valence-electron chi connectivity index (χ2n) is 7.64. The van der Waals surface area contributed by atoms with Crippen molar-refractivity contribution in [3.05, 3.63) is 46.5 Å². The van der Waals surface area contributed by atoms with Crippen molar-refractivity contribution in [1.82, 2.24) is 14.8 Å². The van der Waals surface area contributed by atoms with Crippen LogP contribution in [-0.4, -0.2) is 58.7 Å². The number of benzene rings is 1. The van der Waals surface area contributed by atoms with E-state index in [1.807, 2.05) is 13.8 Å². The number of halogens is 3. The average Bonchev–Trinajstić information content (AvgIpc) is 3.27. The van der Waals surface area contributed by atoms with E-state index in [1.165, 1.54) is 17.5 Å². The molecule has 0 radical (unpaired) electrons. The van der Waals surface area contributed by atoms with Gasteiger partial charge in [-0.05, 0) is 38.8 Å². The summed E-state index contributed by atoms with van der Waals surface area (Å²) in [5, 5.41) is 3.81. The number of thiazole rings is 1. The Bertz CT molecular complexity index is 1020. The van der Waals surface area contributed by atoms with Gasteiger partial charge in [0.1, 0.15) is 5.69 Å². The third kappa shape index (κ3) is 5.70. The molecule has 1 saturated heterocycles. The summed E-state index contributed by atoms with van der Waals surface area (Å²) in [5.41, 5.74) is -1.50. The zero-order valence-electron chi connectivity index (χ0n) is 18.3. The molecule has 1 aliphatic rings. The van der Waals surface area contributed by atoms with Crippen LogP contribution in [0.1, 0.15) is 53.1 Å². The minimum absolute atomic E-state index is 0.0204. The predicted molar refractivity (Wildman–Crippen MR) is 118 cm³/mol. The Morgan fingerprint density at radius 1 is 1.21 bits per heavy atom. The molecule has 0 aliphatic carbocycles. The Labute approximate surface area is 193 Å². The third-order valence-electron chi connectivity index (χ3n) is 5.55. The Kier molecular flexibility index (Phi) is 7.72. The van der Waals surface area contributed by atoms with E-state index in [9.17, 15) is 27.6 Å². The third-order valence-corrected chi connectivity index (χ3v) is 6.31. The monoisotopic (exact) mass is 482 g/mol. The molecule has 7 nitrogen and oxygen atoms in total. The van der Waals surface area contributed by atoms with Gasteiger partial charge in [0.05, 0.1) is 17.0 Å². The van der Waals surface area contributed by atoms with Crippen LogP contribution < -0.4 is 5.32 Å². The molecule has 3 amide bonds. The Morgan fingerprint density at radius 2 is 1.91 bits per heavy atom. The van der Waals surface area contributed by atoms with Crippen LogP contribution in [0.15, 0.2) is 29.6 Å². The predicted octanol–water partition coefficient (Wildman–Crippen LogP) is 4.13. The number of amides is 3. The minimum Gasteiger partial charge on any atom is -0.343 e. The van der Waals surface area contributed by atoms with Gasteiger partial charge in [-0.3, -0.25) is 19.7 Å². The number of alkyl halides is 3. The number of piperidine rings is 1. The molecule has 2 heterocycles. The van der Waals surface area contributed by atoms with Gasteiger partial charge in [0.15, 0.2) is 5.13 Å². The molecule has 1 N–H and O–H groups in total. The highest BCUT2D eigenvalue weighted by Gasteiger charge is 2.35. The van der Waals surface area contributed by atoms with E-state index < -0.39 is 23.2 Å². The van der Waals surface area contributed by atoms with E-state index in [1.54, 1.807) is 9.80 Å². The van der Waals surface area contributed by atoms with Gasteiger partial charge in [-0.2, -0.15) is 13.2 Å². The highest BCUT2D eigenvalue weighted by molar-refractivity contribution is 7.14. The first-order valence-corrected chi connectivity index (χ1v) is 11.5. The van der Waals surface area contributed by atoms with E-state index in [-0.39, 0.29) is 35.1 Å². The van der Waals surface area contributed by atoms with Crippen molar-refractivity contribution in [2.45, 2.75) is 32.9 Å². The summed E-state index contributed by atoms with van der Waals surface area (Å²) >= 11 is 0.950. The number of carbonyl (C=O) groups excluding carboxylic acids is 3. The normalized spacial score (nSPS) is 16.4. The summed E-state index contributed by atoms with van der Waals surface area (Å²) in [5.74, 6) is -1.59. The van der Waals surface area contributed by atoms with Crippen molar-refractivity contribution >= 4 is 34.2 Å². The lowest BCUT2D eigenvalue weighted by Gasteiger charge is -2.34. The molecule has 1 aliphatic heterocycles. The van der Waals surface area contributed by atoms with Crippen molar-refractivity contribution in [3.63, 3.8) is 0 Å². The summed E-state index contributed by atoms with van der Waals surface area (Å²) in [6.07, 6.45) is -3.28. The van der Waals surface area contributed by atoms with Gasteiger partial charge < -0.3 is 9.80 Å². The van der Waals surface area contributed by atoms with Gasteiger partial charge in [0.25, 0.3) is 11.8 Å². The van der Waals surface area contributed by atoms with Gasteiger partial charge in [-0.15, -0.1) is 11.3 Å². The quantitative estimate of drug-likeness (QED) is 0.671. The molecule has 0 saturated carbocycles. The van der Waals surface area contributed by atoms with E-state index in [4.69, 9.17) is 0 Å². The number of nitrogens with one attached hydrogen (secondary N) is 1. The van der Waals surface area contributed by atoms with Crippen molar-refractivity contribution < 1.29 is 27.6 Å². The molecule has 11 heteroatoms. The molecule has 0 bridgehead atoms. The molecule has 0 spiro atoms. The fraction of sp³-hybridized carbons (Fsp3) is 0.455. The molecule has 33 heavy (non-hydrogen) atoms. The zero-order chi connectivity index (χ0) is 24.2. The molecule has 1 aromatic carbocycles. The lowest BCUT2D eigenvalue weighted by atomic mass is 9.96. The van der Waals surface area contributed by atoms with Crippen LogP contribution in [0.25, 0.3) is 0 Å². The Hall–Kier alpha value is -2.95. The van der Waals surface area contributed by atoms with Crippen molar-refractivity contribution in [2.24, 2.45) is 5.92 Å². The number of likely N-dealkylation sites (tertiary alicyclic amines) is 1. The SMILES string of the molecule is CCN(CC)C(=O)C1CCCN(C(=O)c2csc(NC(=O)c3ccccc3C(F)(F)F)n2)C1. The smallest absolute Gasteiger partial charge is 0.343 e. The fourth-order valence-corrected chi connectivity index (χ4v) is 4.52. The highest BCUT2D eigenvalue weighted by atomic mass is 32.1. The summed E-state index contributed by atoms with van der Waals surface area (Å²) in [6.45, 7) is 5.79. The van der Waals surface area contributed by atoms with Crippen LogP contribution >= 0.6 is 11.3 Å². The standard InChI is InChI=1S/C22H25F3N4O3S/c1-3-28(4-2)19(31)14-8-7-11-29(12-14)20(32)17-13-33-21(26-17)27-18(30)15-9-5-6-10-16(15)22(23,24)25/h5-6,9-10,13-14H,3-4,7-8,11-12H2,1-2H3,(H,26,27,30). The van der Waals surface area contributed by atoms with E-state index >= 15 is 0 Å². The van der Waals surface area contributed by atoms with E-state index in [2.05, 4.69) is 10.3 Å². The highest BCUT2D eigenvalue weighted by Crippen LogP contribution is 2.32. The maximum absolute atomic E-state index is 13.2. The number of anilines is 1. The number of rotatable bonds is 6. The lowest BCUT2D eigenvalue weighted by molar-refractivity contribution is -0.138. The summed E-state index contributed by atoms with van der Waals surface area (Å²) < 4.78 is 39.5. The molecule has 1 atom stereocenters. The van der Waals surface area contributed by atoms with Crippen LogP contribution in [0, 0.1) is 5.92 Å². The molecule has 178 valence electrons. The molecular formula is C22H25F3N4O3S. The second kappa shape index (κ2) is 10.3. The van der Waals surface area contributed by atoms with Crippen LogP contribution in [0.5, 0.6) is 0 Å². The summed E-state index contributed by atoms with van der Waals surface area (Å²) in [6, 6.07) is 4.46. The van der Waals surface area contributed by atoms with Crippen molar-refractivity contribution in [2.75, 3.05) is 31.5 Å². The molecular weight excluding hydrogens is 457 g/mol. The number of aromatic nitrogens is 1. The van der Waals surface area contributed by atoms with E-state index in [0.717, 1.165) is 23.5 Å². The Balaban J connectivity index is 1.69. The largest absolute Gasteiger partial charge is 0.417 e. The molecule has 1 fully saturated rings. The lowest BCUT2D eigenvalue weighted by Crippen LogP contribution is -2.46. The van der Waals surface area contributed by atoms with Gasteiger partial charge in [0, 0.05) is 31.6 Å². The van der Waals surface area contributed by atoms with Gasteiger partial charge in [-0.25, -0.2) is 4.98 Å². The summed E-state index contributed by atoms with van der Waals surface area (Å²) in [4.78, 5) is 45.4. The molecule has 3 rings (SSSR count). The fourth-order valence-electron chi connectivity index (χ4n) is 3.84. The van der Waals surface area contributed by atoms with Crippen LogP contribution in [-0.2, 0) is 11.0 Å².